The molecule has 0 nitrogen and oxygen atoms in total. The molecule has 0 amide bonds. The van der Waals surface area contributed by atoms with E-state index in [-0.39, 0.29) is 6.42 Å². The van der Waals surface area contributed by atoms with Crippen LogP contribution in [0, 0.1) is 0 Å². The van der Waals surface area contributed by atoms with Crippen LogP contribution in [0.25, 0.3) is 0 Å². The molecule has 0 aliphatic carbocycles. The number of allylic oxidation sites excluding steroid dienone is 1. The van der Waals surface area contributed by atoms with Gasteiger partial charge >= 0.3 is 0 Å². The minimum absolute atomic E-state index is 0.0871. The summed E-state index contributed by atoms with van der Waals surface area (Å²) in [4.78, 5) is 0. The van der Waals surface area contributed by atoms with Crippen LogP contribution in [-0.4, -0.2) is 0 Å². The molecule has 0 saturated heterocycles. The van der Waals surface area contributed by atoms with Crippen LogP contribution in [0.15, 0.2) is 41.4 Å². The molecule has 0 aliphatic rings. The Morgan fingerprint density at radius 2 is 1.75 bits per heavy atom. The third kappa shape index (κ3) is 2.62. The summed E-state index contributed by atoms with van der Waals surface area (Å²) >= 11 is 4.82. The molecule has 0 fully saturated rings. The molecule has 0 spiro atoms. The van der Waals surface area contributed by atoms with Gasteiger partial charge in [0.05, 0.1) is 0 Å². The maximum atomic E-state index is 12.6. The van der Waals surface area contributed by atoms with Crippen LogP contribution in [0.1, 0.15) is 5.56 Å². The van der Waals surface area contributed by atoms with E-state index in [9.17, 15) is 8.78 Å². The molecule has 0 aliphatic heterocycles. The summed E-state index contributed by atoms with van der Waals surface area (Å²) in [7, 11) is 0. The first-order valence-electron chi connectivity index (χ1n) is 3.43. The summed E-state index contributed by atoms with van der Waals surface area (Å²) in [5.41, 5.74) is 0.700. The van der Waals surface area contributed by atoms with Crippen molar-refractivity contribution in [3.63, 3.8) is 0 Å². The van der Waals surface area contributed by atoms with Gasteiger partial charge in [0.15, 0.2) is 5.83 Å². The van der Waals surface area contributed by atoms with Crippen LogP contribution >= 0.6 is 11.6 Å². The molecule has 0 N–H and O–H groups in total. The van der Waals surface area contributed by atoms with Crippen molar-refractivity contribution < 1.29 is 8.78 Å². The van der Waals surface area contributed by atoms with Crippen molar-refractivity contribution in [3.05, 3.63) is 47.0 Å². The average molecular weight is 189 g/mol. The summed E-state index contributed by atoms with van der Waals surface area (Å²) in [6, 6.07) is 8.74. The van der Waals surface area contributed by atoms with Crippen LogP contribution < -0.4 is 0 Å². The van der Waals surface area contributed by atoms with E-state index >= 15 is 0 Å². The Balaban J connectivity index is 2.72. The lowest BCUT2D eigenvalue weighted by Crippen LogP contribution is -1.85. The maximum absolute atomic E-state index is 12.6. The van der Waals surface area contributed by atoms with E-state index in [0.29, 0.717) is 5.56 Å². The third-order valence-electron chi connectivity index (χ3n) is 1.41. The Labute approximate surface area is 74.5 Å². The van der Waals surface area contributed by atoms with Crippen molar-refractivity contribution in [3.8, 4) is 0 Å². The first kappa shape index (κ1) is 9.20. The topological polar surface area (TPSA) is 0 Å². The van der Waals surface area contributed by atoms with Crippen LogP contribution in [0.2, 0.25) is 0 Å². The molecule has 64 valence electrons. The molecule has 0 atom stereocenters. The molecule has 1 aromatic rings. The number of rotatable bonds is 2. The monoisotopic (exact) mass is 188 g/mol. The van der Waals surface area contributed by atoms with Gasteiger partial charge in [-0.3, -0.25) is 0 Å². The van der Waals surface area contributed by atoms with Gasteiger partial charge in [-0.05, 0) is 17.2 Å². The second-order valence-corrected chi connectivity index (χ2v) is 2.66. The van der Waals surface area contributed by atoms with Crippen LogP contribution in [0.4, 0.5) is 8.78 Å². The molecule has 3 heteroatoms. The average Bonchev–Trinajstić information content (AvgIpc) is 2.06. The number of benzene rings is 1. The third-order valence-corrected chi connectivity index (χ3v) is 1.61. The summed E-state index contributed by atoms with van der Waals surface area (Å²) in [6.45, 7) is 0. The zero-order valence-corrected chi connectivity index (χ0v) is 6.98. The largest absolute Gasteiger partial charge is 0.220 e. The lowest BCUT2D eigenvalue weighted by molar-refractivity contribution is 0.551. The smallest absolute Gasteiger partial charge is 0.207 e. The minimum atomic E-state index is -1.26. The Morgan fingerprint density at radius 3 is 2.25 bits per heavy atom. The lowest BCUT2D eigenvalue weighted by Gasteiger charge is -1.96. The fourth-order valence-electron chi connectivity index (χ4n) is 0.842. The van der Waals surface area contributed by atoms with Gasteiger partial charge in [-0.2, -0.15) is 4.39 Å². The highest BCUT2D eigenvalue weighted by Crippen LogP contribution is 2.16. The van der Waals surface area contributed by atoms with Crippen LogP contribution in [-0.2, 0) is 6.42 Å². The first-order valence-corrected chi connectivity index (χ1v) is 3.81. The predicted octanol–water partition coefficient (Wildman–Crippen LogP) is 3.58. The predicted molar refractivity (Wildman–Crippen MR) is 45.2 cm³/mol. The van der Waals surface area contributed by atoms with E-state index in [1.165, 1.54) is 0 Å². The van der Waals surface area contributed by atoms with Gasteiger partial charge in [-0.15, -0.1) is 0 Å². The van der Waals surface area contributed by atoms with E-state index in [0.717, 1.165) is 0 Å². The normalized spacial score (nSPS) is 12.6. The summed E-state index contributed by atoms with van der Waals surface area (Å²) < 4.78 is 24.6. The highest BCUT2D eigenvalue weighted by atomic mass is 35.5. The molecule has 1 rings (SSSR count). The van der Waals surface area contributed by atoms with Gasteiger partial charge in [-0.25, -0.2) is 4.39 Å². The Kier molecular flexibility index (Phi) is 3.23. The zero-order chi connectivity index (χ0) is 8.97. The van der Waals surface area contributed by atoms with Gasteiger partial charge < -0.3 is 0 Å². The molecular weight excluding hydrogens is 182 g/mol. The number of halogens is 3. The van der Waals surface area contributed by atoms with Crippen molar-refractivity contribution in [2.75, 3.05) is 0 Å². The summed E-state index contributed by atoms with van der Waals surface area (Å²) in [6.07, 6.45) is -0.0871. The van der Waals surface area contributed by atoms with Gasteiger partial charge in [0.1, 0.15) is 0 Å². The van der Waals surface area contributed by atoms with Gasteiger partial charge in [-0.1, -0.05) is 30.3 Å². The molecule has 0 aromatic heterocycles. The van der Waals surface area contributed by atoms with Gasteiger partial charge in [0.25, 0.3) is 0 Å². The van der Waals surface area contributed by atoms with E-state index in [2.05, 4.69) is 0 Å². The molecule has 0 bridgehead atoms. The van der Waals surface area contributed by atoms with Crippen molar-refractivity contribution in [2.45, 2.75) is 6.42 Å². The van der Waals surface area contributed by atoms with Crippen molar-refractivity contribution in [2.24, 2.45) is 0 Å². The second-order valence-electron chi connectivity index (χ2n) is 2.33. The van der Waals surface area contributed by atoms with Crippen molar-refractivity contribution >= 4 is 11.6 Å². The second kappa shape index (κ2) is 4.21. The summed E-state index contributed by atoms with van der Waals surface area (Å²) in [5, 5.41) is -1.26. The van der Waals surface area contributed by atoms with Crippen molar-refractivity contribution in [1.29, 1.82) is 0 Å². The molecule has 12 heavy (non-hydrogen) atoms. The molecule has 0 saturated carbocycles. The first-order chi connectivity index (χ1) is 5.70. The van der Waals surface area contributed by atoms with E-state index in [1.54, 1.807) is 24.3 Å². The van der Waals surface area contributed by atoms with E-state index < -0.39 is 11.1 Å². The zero-order valence-electron chi connectivity index (χ0n) is 6.23. The molecular formula is C9H7ClF2. The number of hydrogen-bond acceptors (Lipinski definition) is 0. The Morgan fingerprint density at radius 1 is 1.17 bits per heavy atom. The standard InChI is InChI=1S/C9H7ClF2/c10-9(12)8(11)6-7-4-2-1-3-5-7/h1-5H,6H2/b9-8+. The highest BCUT2D eigenvalue weighted by Gasteiger charge is 2.03. The van der Waals surface area contributed by atoms with Gasteiger partial charge in [0.2, 0.25) is 5.29 Å². The quantitative estimate of drug-likeness (QED) is 0.666. The lowest BCUT2D eigenvalue weighted by atomic mass is 10.1. The van der Waals surface area contributed by atoms with Crippen LogP contribution in [0.3, 0.4) is 0 Å². The fraction of sp³-hybridized carbons (Fsp3) is 0.111. The SMILES string of the molecule is F/C(Cl)=C(/F)Cc1ccccc1. The van der Waals surface area contributed by atoms with Gasteiger partial charge in [0, 0.05) is 6.42 Å². The van der Waals surface area contributed by atoms with Crippen LogP contribution in [0.5, 0.6) is 0 Å². The number of hydrogen-bond donors (Lipinski definition) is 0. The maximum Gasteiger partial charge on any atom is 0.220 e. The molecule has 0 heterocycles. The minimum Gasteiger partial charge on any atom is -0.207 e. The highest BCUT2D eigenvalue weighted by molar-refractivity contribution is 6.28. The Bertz CT molecular complexity index is 276. The van der Waals surface area contributed by atoms with E-state index in [1.807, 2.05) is 6.07 Å². The van der Waals surface area contributed by atoms with Crippen molar-refractivity contribution in [1.82, 2.24) is 0 Å². The fourth-order valence-corrected chi connectivity index (χ4v) is 0.909. The molecule has 0 radical (unpaired) electrons. The molecule has 1 aromatic carbocycles. The Hall–Kier alpha value is -0.890. The summed E-state index contributed by atoms with van der Waals surface area (Å²) in [5.74, 6) is -0.928. The van der Waals surface area contributed by atoms with E-state index in [4.69, 9.17) is 11.6 Å². The molecule has 0 unspecified atom stereocenters.